The summed E-state index contributed by atoms with van der Waals surface area (Å²) in [4.78, 5) is 12.4. The molecule has 4 nitrogen and oxygen atoms in total. The zero-order valence-corrected chi connectivity index (χ0v) is 15.8. The molecule has 0 radical (unpaired) electrons. The minimum absolute atomic E-state index is 0.214. The first-order valence-electron chi connectivity index (χ1n) is 8.22. The van der Waals surface area contributed by atoms with Crippen molar-refractivity contribution in [3.63, 3.8) is 0 Å². The Labute approximate surface area is 165 Å². The largest absolute Gasteiger partial charge is 0.321 e. The monoisotopic (exact) mass is 401 g/mol. The molecule has 27 heavy (non-hydrogen) atoms. The number of aromatic nitrogens is 2. The van der Waals surface area contributed by atoms with E-state index in [0.717, 1.165) is 11.1 Å². The molecule has 0 spiro atoms. The number of hydrogen-bond acceptors (Lipinski definition) is 2. The Kier molecular flexibility index (Phi) is 4.50. The molecule has 1 aliphatic heterocycles. The van der Waals surface area contributed by atoms with Crippen LogP contribution in [0.2, 0.25) is 10.2 Å². The summed E-state index contributed by atoms with van der Waals surface area (Å²) in [5, 5.41) is 8.23. The van der Waals surface area contributed by atoms with Crippen molar-refractivity contribution in [3.05, 3.63) is 80.8 Å². The van der Waals surface area contributed by atoms with Crippen LogP contribution in [0.3, 0.4) is 0 Å². The Balaban J connectivity index is 1.72. The first-order valence-corrected chi connectivity index (χ1v) is 8.98. The van der Waals surface area contributed by atoms with E-state index in [1.807, 2.05) is 6.92 Å². The molecule has 0 fully saturated rings. The summed E-state index contributed by atoms with van der Waals surface area (Å²) < 4.78 is 14.7. The number of rotatable bonds is 3. The summed E-state index contributed by atoms with van der Waals surface area (Å²) in [7, 11) is 0. The van der Waals surface area contributed by atoms with Gasteiger partial charge < -0.3 is 5.32 Å². The maximum Gasteiger partial charge on any atom is 0.256 e. The van der Waals surface area contributed by atoms with Gasteiger partial charge in [0.25, 0.3) is 5.91 Å². The average Bonchev–Trinajstić information content (AvgIpc) is 3.08. The Hall–Kier alpha value is -2.63. The maximum atomic E-state index is 13.1. The third-order valence-electron chi connectivity index (χ3n) is 4.41. The van der Waals surface area contributed by atoms with Crippen molar-refractivity contribution in [1.29, 1.82) is 0 Å². The standard InChI is InChI=1S/C20H14Cl2FN3O/c1-11-15(9-17-16-8-13(21)4-7-18(16)24-20(17)27)19(22)26(25-11)10-12-2-5-14(23)6-3-12/h2-9H,10H2,1H3,(H,24,27)/b17-9+. The highest BCUT2D eigenvalue weighted by Gasteiger charge is 2.25. The molecular weight excluding hydrogens is 388 g/mol. The van der Waals surface area contributed by atoms with E-state index in [1.165, 1.54) is 12.1 Å². The van der Waals surface area contributed by atoms with Gasteiger partial charge in [0.1, 0.15) is 11.0 Å². The van der Waals surface area contributed by atoms with Crippen molar-refractivity contribution in [2.24, 2.45) is 0 Å². The molecule has 0 saturated carbocycles. The fourth-order valence-corrected chi connectivity index (χ4v) is 3.51. The number of amides is 1. The lowest BCUT2D eigenvalue weighted by Crippen LogP contribution is -2.03. The number of aryl methyl sites for hydroxylation is 1. The van der Waals surface area contributed by atoms with Crippen LogP contribution in [0.15, 0.2) is 42.5 Å². The maximum absolute atomic E-state index is 13.1. The fourth-order valence-electron chi connectivity index (χ4n) is 3.05. The smallest absolute Gasteiger partial charge is 0.256 e. The van der Waals surface area contributed by atoms with E-state index in [4.69, 9.17) is 23.2 Å². The van der Waals surface area contributed by atoms with Crippen molar-refractivity contribution in [3.8, 4) is 0 Å². The first kappa shape index (κ1) is 17.8. The van der Waals surface area contributed by atoms with Gasteiger partial charge in [0.15, 0.2) is 0 Å². The summed E-state index contributed by atoms with van der Waals surface area (Å²) in [6, 6.07) is 11.4. The highest BCUT2D eigenvalue weighted by Crippen LogP contribution is 2.36. The molecule has 1 aliphatic rings. The molecule has 0 unspecified atom stereocenters. The first-order chi connectivity index (χ1) is 12.9. The number of nitrogens with zero attached hydrogens (tertiary/aromatic N) is 2. The Morgan fingerprint density at radius 3 is 2.67 bits per heavy atom. The summed E-state index contributed by atoms with van der Waals surface area (Å²) in [5.41, 5.74) is 4.15. The van der Waals surface area contributed by atoms with E-state index in [-0.39, 0.29) is 11.7 Å². The van der Waals surface area contributed by atoms with E-state index < -0.39 is 0 Å². The van der Waals surface area contributed by atoms with Gasteiger partial charge in [-0.2, -0.15) is 5.10 Å². The van der Waals surface area contributed by atoms with Crippen LogP contribution in [0.1, 0.15) is 22.4 Å². The Bertz CT molecular complexity index is 1090. The van der Waals surface area contributed by atoms with Crippen LogP contribution < -0.4 is 5.32 Å². The van der Waals surface area contributed by atoms with Crippen LogP contribution in [0.25, 0.3) is 11.6 Å². The molecule has 0 aliphatic carbocycles. The number of hydrogen-bond donors (Lipinski definition) is 1. The predicted molar refractivity (Wildman–Crippen MR) is 105 cm³/mol. The SMILES string of the molecule is Cc1nn(Cc2ccc(F)cc2)c(Cl)c1/C=C1/C(=O)Nc2ccc(Cl)cc21. The Morgan fingerprint density at radius 1 is 1.19 bits per heavy atom. The second kappa shape index (κ2) is 6.83. The lowest BCUT2D eigenvalue weighted by atomic mass is 10.0. The van der Waals surface area contributed by atoms with E-state index in [1.54, 1.807) is 41.1 Å². The van der Waals surface area contributed by atoms with Gasteiger partial charge in [-0.1, -0.05) is 35.3 Å². The van der Waals surface area contributed by atoms with Crippen LogP contribution in [-0.2, 0) is 11.3 Å². The normalized spacial score (nSPS) is 14.5. The van der Waals surface area contributed by atoms with Crippen molar-refractivity contribution < 1.29 is 9.18 Å². The minimum atomic E-state index is -0.295. The molecular formula is C20H14Cl2FN3O. The van der Waals surface area contributed by atoms with Gasteiger partial charge >= 0.3 is 0 Å². The number of fused-ring (bicyclic) bond motifs is 1. The van der Waals surface area contributed by atoms with Gasteiger partial charge in [0, 0.05) is 27.4 Å². The minimum Gasteiger partial charge on any atom is -0.321 e. The topological polar surface area (TPSA) is 46.9 Å². The van der Waals surface area contributed by atoms with Crippen LogP contribution in [0, 0.1) is 12.7 Å². The molecule has 2 aromatic carbocycles. The van der Waals surface area contributed by atoms with Gasteiger partial charge in [0.05, 0.1) is 12.2 Å². The van der Waals surface area contributed by atoms with Gasteiger partial charge in [-0.3, -0.25) is 4.79 Å². The van der Waals surface area contributed by atoms with E-state index >= 15 is 0 Å². The number of carbonyl (C=O) groups is 1. The lowest BCUT2D eigenvalue weighted by Gasteiger charge is -2.04. The number of carbonyl (C=O) groups excluding carboxylic acids is 1. The number of nitrogens with one attached hydrogen (secondary N) is 1. The third-order valence-corrected chi connectivity index (χ3v) is 5.04. The zero-order valence-electron chi connectivity index (χ0n) is 14.3. The summed E-state index contributed by atoms with van der Waals surface area (Å²) in [6.45, 7) is 2.23. The predicted octanol–water partition coefficient (Wildman–Crippen LogP) is 5.18. The highest BCUT2D eigenvalue weighted by molar-refractivity contribution is 6.38. The molecule has 7 heteroatoms. The summed E-state index contributed by atoms with van der Waals surface area (Å²) >= 11 is 12.6. The second-order valence-electron chi connectivity index (χ2n) is 6.28. The third kappa shape index (κ3) is 3.36. The molecule has 4 rings (SSSR count). The summed E-state index contributed by atoms with van der Waals surface area (Å²) in [6.07, 6.45) is 1.73. The van der Waals surface area contributed by atoms with Crippen molar-refractivity contribution in [1.82, 2.24) is 9.78 Å². The van der Waals surface area contributed by atoms with Crippen LogP contribution >= 0.6 is 23.2 Å². The number of halogens is 3. The quantitative estimate of drug-likeness (QED) is 0.614. The van der Waals surface area contributed by atoms with Crippen LogP contribution in [0.5, 0.6) is 0 Å². The fraction of sp³-hybridized carbons (Fsp3) is 0.100. The summed E-state index contributed by atoms with van der Waals surface area (Å²) in [5.74, 6) is -0.509. The number of anilines is 1. The Morgan fingerprint density at radius 2 is 1.93 bits per heavy atom. The molecule has 3 aromatic rings. The van der Waals surface area contributed by atoms with Crippen molar-refractivity contribution in [2.75, 3.05) is 5.32 Å². The lowest BCUT2D eigenvalue weighted by molar-refractivity contribution is -0.110. The molecule has 1 N–H and O–H groups in total. The van der Waals surface area contributed by atoms with Gasteiger partial charge in [0.2, 0.25) is 0 Å². The molecule has 1 amide bonds. The van der Waals surface area contributed by atoms with E-state index in [9.17, 15) is 9.18 Å². The van der Waals surface area contributed by atoms with Crippen LogP contribution in [-0.4, -0.2) is 15.7 Å². The number of benzene rings is 2. The second-order valence-corrected chi connectivity index (χ2v) is 7.07. The van der Waals surface area contributed by atoms with Crippen LogP contribution in [0.4, 0.5) is 10.1 Å². The van der Waals surface area contributed by atoms with Gasteiger partial charge in [-0.25, -0.2) is 9.07 Å². The van der Waals surface area contributed by atoms with E-state index in [0.29, 0.717) is 39.2 Å². The zero-order chi connectivity index (χ0) is 19.1. The van der Waals surface area contributed by atoms with Gasteiger partial charge in [-0.05, 0) is 48.9 Å². The molecule has 0 saturated heterocycles. The molecule has 2 heterocycles. The molecule has 136 valence electrons. The highest BCUT2D eigenvalue weighted by atomic mass is 35.5. The molecule has 0 atom stereocenters. The van der Waals surface area contributed by atoms with Crippen molar-refractivity contribution >= 4 is 46.4 Å². The van der Waals surface area contributed by atoms with Gasteiger partial charge in [-0.15, -0.1) is 0 Å². The van der Waals surface area contributed by atoms with Crippen molar-refractivity contribution in [2.45, 2.75) is 13.5 Å². The molecule has 1 aromatic heterocycles. The average molecular weight is 402 g/mol. The van der Waals surface area contributed by atoms with E-state index in [2.05, 4.69) is 10.4 Å². The molecule has 0 bridgehead atoms.